The Kier molecular flexibility index (Phi) is 11.9. The van der Waals surface area contributed by atoms with Gasteiger partial charge in [0.15, 0.2) is 0 Å². The maximum absolute atomic E-state index is 13.9. The van der Waals surface area contributed by atoms with Gasteiger partial charge in [0.25, 0.3) is 0 Å². The van der Waals surface area contributed by atoms with Crippen LogP contribution in [0.4, 0.5) is 0 Å². The molecule has 6 aromatic rings. The summed E-state index contributed by atoms with van der Waals surface area (Å²) in [6.07, 6.45) is -2.16. The van der Waals surface area contributed by atoms with E-state index < -0.39 is 68.6 Å². The molecule has 328 valence electrons. The molecule has 2 saturated heterocycles. The van der Waals surface area contributed by atoms with Crippen molar-refractivity contribution in [2.45, 2.75) is 98.9 Å². The van der Waals surface area contributed by atoms with Crippen molar-refractivity contribution in [3.63, 3.8) is 0 Å². The summed E-state index contributed by atoms with van der Waals surface area (Å²) in [5, 5.41) is 0. The second-order valence-corrected chi connectivity index (χ2v) is 20.8. The lowest BCUT2D eigenvalue weighted by molar-refractivity contribution is -0.124. The summed E-state index contributed by atoms with van der Waals surface area (Å²) < 4.78 is 71.1. The SMILES string of the molecule is Cc1ccc(S(=O)(=O)N2[C@H](C)[C@@H](c3ccccc3)O[C@@H]2[C@@H]2C(=O)Cc3ccccc32)cc1.Cc1ccc(S(=O)(=O)N2[C@H](C)[C@@H](c3ccccc3)O[C@@H]2[C@@H]2C(=O)Cc3ccccc32)cc1. The lowest BCUT2D eigenvalue weighted by Crippen LogP contribution is -2.44. The second-order valence-electron chi connectivity index (χ2n) is 17.1. The van der Waals surface area contributed by atoms with Crippen LogP contribution in [0, 0.1) is 13.8 Å². The van der Waals surface area contributed by atoms with Crippen molar-refractivity contribution >= 4 is 31.6 Å². The highest BCUT2D eigenvalue weighted by molar-refractivity contribution is 7.89. The fourth-order valence-corrected chi connectivity index (χ4v) is 13.2. The lowest BCUT2D eigenvalue weighted by atomic mass is 9.99. The Balaban J connectivity index is 0.000000162. The van der Waals surface area contributed by atoms with Crippen LogP contribution in [0.3, 0.4) is 0 Å². The Hall–Kier alpha value is -5.60. The van der Waals surface area contributed by atoms with Crippen molar-refractivity contribution < 1.29 is 35.9 Å². The molecule has 0 unspecified atom stereocenters. The minimum atomic E-state index is -3.90. The second kappa shape index (κ2) is 17.4. The third-order valence-corrected chi connectivity index (χ3v) is 16.9. The molecule has 4 aliphatic rings. The lowest BCUT2D eigenvalue weighted by Gasteiger charge is -2.29. The number of hydrogen-bond acceptors (Lipinski definition) is 8. The highest BCUT2D eigenvalue weighted by atomic mass is 32.2. The van der Waals surface area contributed by atoms with Crippen LogP contribution in [-0.2, 0) is 52.0 Å². The number of carbonyl (C=O) groups excluding carboxylic acids is 2. The minimum absolute atomic E-state index is 0.0128. The highest BCUT2D eigenvalue weighted by Crippen LogP contribution is 2.48. The summed E-state index contributed by atoms with van der Waals surface area (Å²) >= 11 is 0. The predicted molar refractivity (Wildman–Crippen MR) is 243 cm³/mol. The molecule has 64 heavy (non-hydrogen) atoms. The third-order valence-electron chi connectivity index (χ3n) is 13.0. The standard InChI is InChI=1S/2C26H25NO4S/c2*1-17-12-14-21(15-13-17)32(29,30)27-18(2)25(19-8-4-3-5-9-19)31-26(27)24-22-11-7-6-10-20(22)16-23(24)28/h2*3-15,18,24-26H,16H2,1-2H3/t2*18-,24+,25+,26-/m11/s1. The summed E-state index contributed by atoms with van der Waals surface area (Å²) in [7, 11) is -7.80. The molecule has 0 bridgehead atoms. The fourth-order valence-electron chi connectivity index (χ4n) is 9.77. The number of Topliss-reactive ketones (excluding diaryl/α,β-unsaturated/α-hetero) is 2. The number of aryl methyl sites for hydroxylation is 2. The third kappa shape index (κ3) is 7.86. The average molecular weight is 895 g/mol. The van der Waals surface area contributed by atoms with Crippen molar-refractivity contribution in [1.29, 1.82) is 0 Å². The van der Waals surface area contributed by atoms with Crippen LogP contribution >= 0.6 is 0 Å². The first-order valence-electron chi connectivity index (χ1n) is 21.6. The Labute approximate surface area is 375 Å². The molecule has 2 aliphatic heterocycles. The Bertz CT molecular complexity index is 2710. The fraction of sp³-hybridized carbons (Fsp3) is 0.269. The largest absolute Gasteiger partial charge is 0.351 e. The van der Waals surface area contributed by atoms with E-state index in [0.717, 1.165) is 44.5 Å². The topological polar surface area (TPSA) is 127 Å². The normalized spacial score (nSPS) is 25.8. The number of carbonyl (C=O) groups is 2. The van der Waals surface area contributed by atoms with Gasteiger partial charge in [-0.05, 0) is 85.3 Å². The van der Waals surface area contributed by atoms with Crippen LogP contribution in [0.2, 0.25) is 0 Å². The number of ketones is 2. The number of sulfonamides is 2. The van der Waals surface area contributed by atoms with Gasteiger partial charge >= 0.3 is 0 Å². The molecular formula is C52H50N2O8S2. The van der Waals surface area contributed by atoms with Crippen LogP contribution < -0.4 is 0 Å². The zero-order valence-electron chi connectivity index (χ0n) is 36.0. The Morgan fingerprint density at radius 2 is 0.781 bits per heavy atom. The zero-order chi connectivity index (χ0) is 44.9. The van der Waals surface area contributed by atoms with Crippen molar-refractivity contribution in [3.05, 3.63) is 202 Å². The number of nitrogens with zero attached hydrogens (tertiary/aromatic N) is 2. The molecule has 0 aromatic heterocycles. The van der Waals surface area contributed by atoms with Crippen LogP contribution in [0.1, 0.15) is 82.4 Å². The van der Waals surface area contributed by atoms with E-state index in [4.69, 9.17) is 9.47 Å². The molecule has 12 heteroatoms. The van der Waals surface area contributed by atoms with Crippen molar-refractivity contribution in [2.75, 3.05) is 0 Å². The molecule has 2 heterocycles. The highest BCUT2D eigenvalue weighted by Gasteiger charge is 2.55. The van der Waals surface area contributed by atoms with E-state index >= 15 is 0 Å². The molecule has 2 aliphatic carbocycles. The Morgan fingerprint density at radius 3 is 1.14 bits per heavy atom. The smallest absolute Gasteiger partial charge is 0.245 e. The molecule has 0 amide bonds. The summed E-state index contributed by atoms with van der Waals surface area (Å²) in [4.78, 5) is 26.6. The van der Waals surface area contributed by atoms with E-state index in [0.29, 0.717) is 12.8 Å². The number of ether oxygens (including phenoxy) is 2. The van der Waals surface area contributed by atoms with Gasteiger partial charge in [-0.15, -0.1) is 0 Å². The summed E-state index contributed by atoms with van der Waals surface area (Å²) in [5.74, 6) is -1.33. The predicted octanol–water partition coefficient (Wildman–Crippen LogP) is 8.76. The first-order valence-corrected chi connectivity index (χ1v) is 24.5. The van der Waals surface area contributed by atoms with E-state index in [2.05, 4.69) is 0 Å². The molecule has 0 saturated carbocycles. The van der Waals surface area contributed by atoms with Gasteiger partial charge in [0, 0.05) is 12.8 Å². The first-order chi connectivity index (χ1) is 30.8. The summed E-state index contributed by atoms with van der Waals surface area (Å²) in [6, 6.07) is 47.1. The maximum Gasteiger partial charge on any atom is 0.245 e. The van der Waals surface area contributed by atoms with Crippen molar-refractivity contribution in [2.24, 2.45) is 0 Å². The Morgan fingerprint density at radius 1 is 0.453 bits per heavy atom. The molecule has 0 N–H and O–H groups in total. The van der Waals surface area contributed by atoms with Crippen molar-refractivity contribution in [1.82, 2.24) is 8.61 Å². The van der Waals surface area contributed by atoms with Crippen LogP contribution in [0.5, 0.6) is 0 Å². The average Bonchev–Trinajstić information content (AvgIpc) is 4.03. The molecule has 0 radical (unpaired) electrons. The van der Waals surface area contributed by atoms with E-state index in [-0.39, 0.29) is 21.4 Å². The van der Waals surface area contributed by atoms with Crippen LogP contribution in [-0.4, -0.2) is 61.6 Å². The monoisotopic (exact) mass is 894 g/mol. The number of hydrogen-bond donors (Lipinski definition) is 0. The van der Waals surface area contributed by atoms with Crippen LogP contribution in [0.15, 0.2) is 168 Å². The maximum atomic E-state index is 13.9. The van der Waals surface area contributed by atoms with Gasteiger partial charge in [0.1, 0.15) is 36.2 Å². The molecule has 6 aromatic carbocycles. The van der Waals surface area contributed by atoms with E-state index in [1.54, 1.807) is 48.5 Å². The molecule has 0 spiro atoms. The van der Waals surface area contributed by atoms with E-state index in [9.17, 15) is 26.4 Å². The molecule has 2 fully saturated rings. The van der Waals surface area contributed by atoms with E-state index in [1.165, 1.54) is 8.61 Å². The quantitative estimate of drug-likeness (QED) is 0.149. The zero-order valence-corrected chi connectivity index (χ0v) is 37.7. The van der Waals surface area contributed by atoms with E-state index in [1.807, 2.05) is 137 Å². The summed E-state index contributed by atoms with van der Waals surface area (Å²) in [6.45, 7) is 7.55. The van der Waals surface area contributed by atoms with Gasteiger partial charge in [-0.25, -0.2) is 16.8 Å². The van der Waals surface area contributed by atoms with Gasteiger partial charge in [0.05, 0.1) is 33.7 Å². The molecular weight excluding hydrogens is 845 g/mol. The number of fused-ring (bicyclic) bond motifs is 2. The van der Waals surface area contributed by atoms with Gasteiger partial charge in [-0.2, -0.15) is 8.61 Å². The van der Waals surface area contributed by atoms with Gasteiger partial charge < -0.3 is 9.47 Å². The minimum Gasteiger partial charge on any atom is -0.351 e. The first kappa shape index (κ1) is 43.6. The van der Waals surface area contributed by atoms with Crippen molar-refractivity contribution in [3.8, 4) is 0 Å². The number of benzene rings is 6. The van der Waals surface area contributed by atoms with Gasteiger partial charge in [0.2, 0.25) is 20.0 Å². The van der Waals surface area contributed by atoms with Gasteiger partial charge in [-0.1, -0.05) is 145 Å². The molecule has 8 atom stereocenters. The van der Waals surface area contributed by atoms with Crippen LogP contribution in [0.25, 0.3) is 0 Å². The molecule has 10 nitrogen and oxygen atoms in total. The molecule has 10 rings (SSSR count). The number of rotatable bonds is 8. The summed E-state index contributed by atoms with van der Waals surface area (Å²) in [5.41, 5.74) is 7.33. The van der Waals surface area contributed by atoms with Gasteiger partial charge in [-0.3, -0.25) is 9.59 Å².